The maximum absolute atomic E-state index is 12.7. The van der Waals surface area contributed by atoms with E-state index in [0.717, 1.165) is 48.6 Å². The molecule has 4 heterocycles. The van der Waals surface area contributed by atoms with Crippen LogP contribution in [-0.2, 0) is 0 Å². The Kier molecular flexibility index (Phi) is 4.37. The molecule has 6 nitrogen and oxygen atoms in total. The van der Waals surface area contributed by atoms with Crippen LogP contribution in [0.5, 0.6) is 0 Å². The van der Waals surface area contributed by atoms with Gasteiger partial charge in [0.2, 0.25) is 0 Å². The van der Waals surface area contributed by atoms with Crippen LogP contribution in [0.2, 0.25) is 0 Å². The van der Waals surface area contributed by atoms with E-state index in [4.69, 9.17) is 4.42 Å². The number of furan rings is 1. The number of hydrogen-bond acceptors (Lipinski definition) is 5. The summed E-state index contributed by atoms with van der Waals surface area (Å²) < 4.78 is 5.61. The lowest BCUT2D eigenvalue weighted by atomic mass is 9.97. The Morgan fingerprint density at radius 1 is 1.40 bits per heavy atom. The number of piperidine rings is 1. The minimum absolute atomic E-state index is 0.0823. The number of nitrogens with one attached hydrogen (secondary N) is 1. The Bertz CT molecular complexity index is 756. The molecule has 2 aliphatic heterocycles. The molecule has 4 rings (SSSR count). The van der Waals surface area contributed by atoms with Gasteiger partial charge in [0.1, 0.15) is 12.0 Å². The Morgan fingerprint density at radius 2 is 2.24 bits per heavy atom. The van der Waals surface area contributed by atoms with E-state index in [1.165, 1.54) is 19.5 Å². The van der Waals surface area contributed by atoms with Crippen molar-refractivity contribution in [3.63, 3.8) is 0 Å². The molecule has 0 aliphatic carbocycles. The molecule has 3 unspecified atom stereocenters. The molecule has 2 aliphatic rings. The van der Waals surface area contributed by atoms with Crippen LogP contribution in [0, 0.1) is 5.92 Å². The third kappa shape index (κ3) is 3.11. The van der Waals surface area contributed by atoms with Crippen LogP contribution in [0.4, 0.5) is 5.69 Å². The normalized spacial score (nSPS) is 25.3. The van der Waals surface area contributed by atoms with Crippen LogP contribution < -0.4 is 10.2 Å². The lowest BCUT2D eigenvalue weighted by Crippen LogP contribution is -2.47. The van der Waals surface area contributed by atoms with E-state index in [1.807, 2.05) is 6.07 Å². The summed E-state index contributed by atoms with van der Waals surface area (Å²) in [6, 6.07) is 2.09. The van der Waals surface area contributed by atoms with E-state index in [2.05, 4.69) is 33.9 Å². The van der Waals surface area contributed by atoms with Crippen molar-refractivity contribution in [2.24, 2.45) is 5.92 Å². The summed E-state index contributed by atoms with van der Waals surface area (Å²) in [7, 11) is 0. The first-order valence-electron chi connectivity index (χ1n) is 9.33. The molecular weight excluding hydrogens is 316 g/mol. The van der Waals surface area contributed by atoms with Gasteiger partial charge in [-0.3, -0.25) is 4.79 Å². The summed E-state index contributed by atoms with van der Waals surface area (Å²) in [5.41, 5.74) is 2.22. The highest BCUT2D eigenvalue weighted by Crippen LogP contribution is 2.30. The van der Waals surface area contributed by atoms with Crippen LogP contribution in [0.25, 0.3) is 11.0 Å². The zero-order valence-corrected chi connectivity index (χ0v) is 15.0. The van der Waals surface area contributed by atoms with Crippen molar-refractivity contribution >= 4 is 22.6 Å². The summed E-state index contributed by atoms with van der Waals surface area (Å²) in [6.45, 7) is 9.35. The highest BCUT2D eigenvalue weighted by atomic mass is 16.3. The first-order chi connectivity index (χ1) is 12.2. The van der Waals surface area contributed by atoms with Crippen LogP contribution in [-0.4, -0.2) is 54.6 Å². The fraction of sp³-hybridized carbons (Fsp3) is 0.579. The van der Waals surface area contributed by atoms with Crippen molar-refractivity contribution in [1.29, 1.82) is 0 Å². The van der Waals surface area contributed by atoms with Gasteiger partial charge < -0.3 is 19.5 Å². The monoisotopic (exact) mass is 342 g/mol. The van der Waals surface area contributed by atoms with E-state index >= 15 is 0 Å². The number of hydrogen-bond donors (Lipinski definition) is 1. The third-order valence-corrected chi connectivity index (χ3v) is 5.58. The second kappa shape index (κ2) is 6.67. The van der Waals surface area contributed by atoms with Gasteiger partial charge in [-0.1, -0.05) is 0 Å². The Labute approximate surface area is 148 Å². The molecule has 0 aromatic carbocycles. The molecule has 0 saturated carbocycles. The molecule has 134 valence electrons. The van der Waals surface area contributed by atoms with E-state index < -0.39 is 0 Å². The van der Waals surface area contributed by atoms with E-state index in [-0.39, 0.29) is 11.9 Å². The average molecular weight is 342 g/mol. The molecule has 2 bridgehead atoms. The van der Waals surface area contributed by atoms with E-state index in [9.17, 15) is 4.79 Å². The topological polar surface area (TPSA) is 61.6 Å². The van der Waals surface area contributed by atoms with Crippen LogP contribution in [0.1, 0.15) is 37.2 Å². The predicted molar refractivity (Wildman–Crippen MR) is 98.0 cm³/mol. The Hall–Kier alpha value is -2.08. The lowest BCUT2D eigenvalue weighted by molar-refractivity contribution is 0.0904. The van der Waals surface area contributed by atoms with Gasteiger partial charge in [-0.05, 0) is 45.2 Å². The van der Waals surface area contributed by atoms with Crippen LogP contribution in [0.3, 0.4) is 0 Å². The van der Waals surface area contributed by atoms with Gasteiger partial charge in [-0.15, -0.1) is 0 Å². The molecule has 6 heteroatoms. The SMILES string of the molecule is CCN(CC)c1coc2cnc(C(=O)NC3CC4CCN(C4)C3)cc12. The van der Waals surface area contributed by atoms with E-state index in [0.29, 0.717) is 5.69 Å². The molecule has 2 saturated heterocycles. The third-order valence-electron chi connectivity index (χ3n) is 5.58. The zero-order chi connectivity index (χ0) is 17.4. The summed E-state index contributed by atoms with van der Waals surface area (Å²) in [5, 5.41) is 4.14. The number of amides is 1. The molecule has 0 spiro atoms. The van der Waals surface area contributed by atoms with Crippen molar-refractivity contribution < 1.29 is 9.21 Å². The Balaban J connectivity index is 1.54. The molecular formula is C19H26N4O2. The maximum Gasteiger partial charge on any atom is 0.270 e. The van der Waals surface area contributed by atoms with Crippen LogP contribution in [0.15, 0.2) is 22.9 Å². The number of fused-ring (bicyclic) bond motifs is 3. The standard InChI is InChI=1S/C19H26N4O2/c1-3-23(4-2)17-12-25-18-9-20-16(8-15(17)18)19(24)21-14-7-13-5-6-22(10-13)11-14/h8-9,12-14H,3-7,10-11H2,1-2H3,(H,21,24). The first-order valence-corrected chi connectivity index (χ1v) is 9.33. The number of nitrogens with zero attached hydrogens (tertiary/aromatic N) is 3. The van der Waals surface area contributed by atoms with Gasteiger partial charge in [0, 0.05) is 37.6 Å². The molecule has 2 aromatic rings. The van der Waals surface area contributed by atoms with Gasteiger partial charge in [0.15, 0.2) is 5.58 Å². The average Bonchev–Trinajstić information content (AvgIpc) is 3.19. The van der Waals surface area contributed by atoms with E-state index in [1.54, 1.807) is 12.5 Å². The number of carbonyl (C=O) groups excluding carboxylic acids is 1. The molecule has 1 N–H and O–H groups in total. The van der Waals surface area contributed by atoms with Gasteiger partial charge in [-0.2, -0.15) is 0 Å². The number of pyridine rings is 1. The van der Waals surface area contributed by atoms with Crippen molar-refractivity contribution in [1.82, 2.24) is 15.2 Å². The number of aromatic nitrogens is 1. The maximum atomic E-state index is 12.7. The smallest absolute Gasteiger partial charge is 0.270 e. The zero-order valence-electron chi connectivity index (χ0n) is 15.0. The van der Waals surface area contributed by atoms with Gasteiger partial charge in [0.25, 0.3) is 5.91 Å². The molecule has 25 heavy (non-hydrogen) atoms. The fourth-order valence-electron chi connectivity index (χ4n) is 4.28. The second-order valence-corrected chi connectivity index (χ2v) is 7.18. The number of anilines is 1. The number of carbonyl (C=O) groups is 1. The molecule has 2 fully saturated rings. The van der Waals surface area contributed by atoms with Crippen molar-refractivity contribution in [3.05, 3.63) is 24.2 Å². The molecule has 2 aromatic heterocycles. The van der Waals surface area contributed by atoms with Crippen molar-refractivity contribution in [3.8, 4) is 0 Å². The summed E-state index contributed by atoms with van der Waals surface area (Å²) in [4.78, 5) is 21.7. The van der Waals surface area contributed by atoms with Crippen LogP contribution >= 0.6 is 0 Å². The second-order valence-electron chi connectivity index (χ2n) is 7.18. The summed E-state index contributed by atoms with van der Waals surface area (Å²) >= 11 is 0. The predicted octanol–water partition coefficient (Wildman–Crippen LogP) is 2.50. The molecule has 3 atom stereocenters. The fourth-order valence-corrected chi connectivity index (χ4v) is 4.28. The van der Waals surface area contributed by atoms with Crippen molar-refractivity contribution in [2.45, 2.75) is 32.7 Å². The largest absolute Gasteiger partial charge is 0.460 e. The highest BCUT2D eigenvalue weighted by molar-refractivity contribution is 5.99. The number of rotatable bonds is 5. The highest BCUT2D eigenvalue weighted by Gasteiger charge is 2.33. The minimum Gasteiger partial charge on any atom is -0.460 e. The molecule has 1 amide bonds. The molecule has 0 radical (unpaired) electrons. The summed E-state index contributed by atoms with van der Waals surface area (Å²) in [5.74, 6) is 0.652. The minimum atomic E-state index is -0.0823. The van der Waals surface area contributed by atoms with Crippen molar-refractivity contribution in [2.75, 3.05) is 37.6 Å². The van der Waals surface area contributed by atoms with Gasteiger partial charge in [-0.25, -0.2) is 4.98 Å². The lowest BCUT2D eigenvalue weighted by Gasteiger charge is -2.30. The first kappa shape index (κ1) is 16.4. The summed E-state index contributed by atoms with van der Waals surface area (Å²) in [6.07, 6.45) is 5.76. The Morgan fingerprint density at radius 3 is 3.00 bits per heavy atom. The van der Waals surface area contributed by atoms with Gasteiger partial charge in [0.05, 0.1) is 11.9 Å². The van der Waals surface area contributed by atoms with Gasteiger partial charge >= 0.3 is 0 Å². The quantitative estimate of drug-likeness (QED) is 0.905.